The fourth-order valence-corrected chi connectivity index (χ4v) is 5.30. The average Bonchev–Trinajstić information content (AvgIpc) is 3.31. The van der Waals surface area contributed by atoms with Crippen LogP contribution in [-0.4, -0.2) is 54.7 Å². The Morgan fingerprint density at radius 1 is 1.03 bits per heavy atom. The fourth-order valence-electron chi connectivity index (χ4n) is 3.57. The van der Waals surface area contributed by atoms with Gasteiger partial charge in [0.2, 0.25) is 11.0 Å². The zero-order chi connectivity index (χ0) is 21.3. The largest absolute Gasteiger partial charge is 0.378 e. The highest BCUT2D eigenvalue weighted by molar-refractivity contribution is 8.01. The first-order valence-electron chi connectivity index (χ1n) is 10.4. The minimum absolute atomic E-state index is 0.0213. The number of hydrogen-bond acceptors (Lipinski definition) is 7. The molecule has 0 saturated carbocycles. The number of thioether (sulfide) groups is 1. The SMILES string of the molecule is O=C(CSc1nnc(N2CCOCC2)s1)NCCC(c1ccccc1)c1ccccc1. The first-order valence-corrected chi connectivity index (χ1v) is 12.3. The van der Waals surface area contributed by atoms with Crippen LogP contribution in [0, 0.1) is 0 Å². The molecule has 0 atom stereocenters. The van der Waals surface area contributed by atoms with Gasteiger partial charge in [0.05, 0.1) is 19.0 Å². The smallest absolute Gasteiger partial charge is 0.230 e. The Hall–Kier alpha value is -2.42. The number of nitrogens with one attached hydrogen (secondary N) is 1. The summed E-state index contributed by atoms with van der Waals surface area (Å²) in [5.74, 6) is 0.626. The number of rotatable bonds is 9. The molecule has 1 aliphatic rings. The number of benzene rings is 2. The third-order valence-corrected chi connectivity index (χ3v) is 7.28. The Morgan fingerprint density at radius 3 is 2.32 bits per heavy atom. The predicted octanol–water partition coefficient (Wildman–Crippen LogP) is 3.81. The summed E-state index contributed by atoms with van der Waals surface area (Å²) in [4.78, 5) is 14.6. The van der Waals surface area contributed by atoms with Gasteiger partial charge >= 0.3 is 0 Å². The lowest BCUT2D eigenvalue weighted by Crippen LogP contribution is -2.36. The van der Waals surface area contributed by atoms with Gasteiger partial charge in [-0.3, -0.25) is 4.79 Å². The number of carbonyl (C=O) groups excluding carboxylic acids is 1. The summed E-state index contributed by atoms with van der Waals surface area (Å²) >= 11 is 2.98. The van der Waals surface area contributed by atoms with Crippen molar-refractivity contribution in [2.75, 3.05) is 43.5 Å². The van der Waals surface area contributed by atoms with Crippen molar-refractivity contribution in [3.8, 4) is 0 Å². The number of morpholine rings is 1. The third-order valence-electron chi connectivity index (χ3n) is 5.16. The molecule has 0 radical (unpaired) electrons. The summed E-state index contributed by atoms with van der Waals surface area (Å²) in [7, 11) is 0. The second-order valence-electron chi connectivity index (χ2n) is 7.25. The molecule has 31 heavy (non-hydrogen) atoms. The Bertz CT molecular complexity index is 907. The van der Waals surface area contributed by atoms with Crippen molar-refractivity contribution in [3.05, 3.63) is 71.8 Å². The van der Waals surface area contributed by atoms with Crippen LogP contribution in [0.5, 0.6) is 0 Å². The van der Waals surface area contributed by atoms with Crippen LogP contribution < -0.4 is 10.2 Å². The molecule has 0 unspecified atom stereocenters. The fraction of sp³-hybridized carbons (Fsp3) is 0.348. The molecule has 1 aromatic heterocycles. The molecular formula is C23H26N4O2S2. The maximum absolute atomic E-state index is 12.4. The number of ether oxygens (including phenoxy) is 1. The van der Waals surface area contributed by atoms with Gasteiger partial charge in [0.1, 0.15) is 0 Å². The number of amides is 1. The van der Waals surface area contributed by atoms with Crippen molar-refractivity contribution in [1.82, 2.24) is 15.5 Å². The number of anilines is 1. The van der Waals surface area contributed by atoms with Gasteiger partial charge in [0, 0.05) is 25.6 Å². The Balaban J connectivity index is 1.26. The van der Waals surface area contributed by atoms with Gasteiger partial charge < -0.3 is 15.0 Å². The molecule has 8 heteroatoms. The van der Waals surface area contributed by atoms with Crippen LogP contribution in [0.3, 0.4) is 0 Å². The second-order valence-corrected chi connectivity index (χ2v) is 9.43. The minimum Gasteiger partial charge on any atom is -0.378 e. The summed E-state index contributed by atoms with van der Waals surface area (Å²) in [5, 5.41) is 12.4. The van der Waals surface area contributed by atoms with Crippen LogP contribution in [0.15, 0.2) is 65.0 Å². The van der Waals surface area contributed by atoms with Crippen LogP contribution in [0.2, 0.25) is 0 Å². The summed E-state index contributed by atoms with van der Waals surface area (Å²) in [6, 6.07) is 20.9. The number of nitrogens with zero attached hydrogens (tertiary/aromatic N) is 3. The molecule has 0 bridgehead atoms. The lowest BCUT2D eigenvalue weighted by molar-refractivity contribution is -0.118. The van der Waals surface area contributed by atoms with Gasteiger partial charge in [-0.1, -0.05) is 83.8 Å². The predicted molar refractivity (Wildman–Crippen MR) is 126 cm³/mol. The Labute approximate surface area is 191 Å². The van der Waals surface area contributed by atoms with Crippen molar-refractivity contribution in [1.29, 1.82) is 0 Å². The van der Waals surface area contributed by atoms with E-state index in [1.54, 1.807) is 0 Å². The van der Waals surface area contributed by atoms with Crippen LogP contribution in [0.4, 0.5) is 5.13 Å². The molecule has 1 fully saturated rings. The van der Waals surface area contributed by atoms with E-state index in [-0.39, 0.29) is 11.8 Å². The van der Waals surface area contributed by atoms with Crippen LogP contribution in [-0.2, 0) is 9.53 Å². The van der Waals surface area contributed by atoms with Gasteiger partial charge in [-0.25, -0.2) is 0 Å². The number of hydrogen-bond donors (Lipinski definition) is 1. The molecule has 162 valence electrons. The molecule has 4 rings (SSSR count). The lowest BCUT2D eigenvalue weighted by atomic mass is 9.88. The normalized spacial score (nSPS) is 14.0. The lowest BCUT2D eigenvalue weighted by Gasteiger charge is -2.25. The Kier molecular flexibility index (Phi) is 7.93. The summed E-state index contributed by atoms with van der Waals surface area (Å²) in [5.41, 5.74) is 2.53. The van der Waals surface area contributed by atoms with E-state index in [0.29, 0.717) is 12.3 Å². The molecular weight excluding hydrogens is 428 g/mol. The zero-order valence-corrected chi connectivity index (χ0v) is 18.9. The maximum Gasteiger partial charge on any atom is 0.230 e. The van der Waals surface area contributed by atoms with Crippen molar-refractivity contribution in [2.45, 2.75) is 16.7 Å². The number of carbonyl (C=O) groups is 1. The van der Waals surface area contributed by atoms with E-state index in [1.807, 2.05) is 12.1 Å². The minimum atomic E-state index is 0.0213. The summed E-state index contributed by atoms with van der Waals surface area (Å²) in [6.07, 6.45) is 0.852. The van der Waals surface area contributed by atoms with Crippen LogP contribution in [0.25, 0.3) is 0 Å². The maximum atomic E-state index is 12.4. The van der Waals surface area contributed by atoms with Crippen molar-refractivity contribution in [2.24, 2.45) is 0 Å². The zero-order valence-electron chi connectivity index (χ0n) is 17.3. The average molecular weight is 455 g/mol. The van der Waals surface area contributed by atoms with E-state index in [9.17, 15) is 4.79 Å². The monoisotopic (exact) mass is 454 g/mol. The van der Waals surface area contributed by atoms with E-state index in [4.69, 9.17) is 4.74 Å². The van der Waals surface area contributed by atoms with Gasteiger partial charge in [0.15, 0.2) is 4.34 Å². The highest BCUT2D eigenvalue weighted by atomic mass is 32.2. The van der Waals surface area contributed by atoms with Crippen LogP contribution >= 0.6 is 23.1 Å². The first kappa shape index (κ1) is 21.8. The molecule has 1 saturated heterocycles. The van der Waals surface area contributed by atoms with Crippen LogP contribution in [0.1, 0.15) is 23.5 Å². The highest BCUT2D eigenvalue weighted by Crippen LogP contribution is 2.29. The van der Waals surface area contributed by atoms with E-state index >= 15 is 0 Å². The standard InChI is InChI=1S/C23H26N4O2S2/c28-21(17-30-23-26-25-22(31-23)27-13-15-29-16-14-27)24-12-11-20(18-7-3-1-4-8-18)19-9-5-2-6-10-19/h1-10,20H,11-17H2,(H,24,28). The van der Waals surface area contributed by atoms with Gasteiger partial charge in [-0.2, -0.15) is 0 Å². The molecule has 2 aromatic carbocycles. The molecule has 6 nitrogen and oxygen atoms in total. The second kappa shape index (κ2) is 11.3. The molecule has 0 aliphatic carbocycles. The molecule has 0 spiro atoms. The molecule has 1 aliphatic heterocycles. The van der Waals surface area contributed by atoms with E-state index in [1.165, 1.54) is 34.2 Å². The molecule has 1 amide bonds. The molecule has 3 aromatic rings. The van der Waals surface area contributed by atoms with Crippen molar-refractivity contribution < 1.29 is 9.53 Å². The van der Waals surface area contributed by atoms with E-state index in [0.717, 1.165) is 42.2 Å². The first-order chi connectivity index (χ1) is 15.3. The van der Waals surface area contributed by atoms with Crippen molar-refractivity contribution >= 4 is 34.1 Å². The van der Waals surface area contributed by atoms with Crippen molar-refractivity contribution in [3.63, 3.8) is 0 Å². The van der Waals surface area contributed by atoms with Gasteiger partial charge in [-0.15, -0.1) is 10.2 Å². The quantitative estimate of drug-likeness (QED) is 0.496. The topological polar surface area (TPSA) is 67.4 Å². The number of aromatic nitrogens is 2. The van der Waals surface area contributed by atoms with Gasteiger partial charge in [0.25, 0.3) is 0 Å². The van der Waals surface area contributed by atoms with E-state index < -0.39 is 0 Å². The summed E-state index contributed by atoms with van der Waals surface area (Å²) in [6.45, 7) is 3.74. The van der Waals surface area contributed by atoms with Gasteiger partial charge in [-0.05, 0) is 17.5 Å². The summed E-state index contributed by atoms with van der Waals surface area (Å²) < 4.78 is 6.20. The highest BCUT2D eigenvalue weighted by Gasteiger charge is 2.17. The molecule has 2 heterocycles. The molecule has 1 N–H and O–H groups in total. The van der Waals surface area contributed by atoms with E-state index in [2.05, 4.69) is 68.9 Å². The third kappa shape index (κ3) is 6.29. The Morgan fingerprint density at radius 2 is 1.68 bits per heavy atom.